The molecular weight excluding hydrogens is 318 g/mol. The lowest BCUT2D eigenvalue weighted by molar-refractivity contribution is 0.0730. The highest BCUT2D eigenvalue weighted by Gasteiger charge is 2.34. The molecule has 128 valence electrons. The van der Waals surface area contributed by atoms with Crippen LogP contribution >= 0.6 is 0 Å². The molecule has 1 aliphatic rings. The predicted octanol–water partition coefficient (Wildman–Crippen LogP) is 2.85. The van der Waals surface area contributed by atoms with Crippen LogP contribution in [0.1, 0.15) is 46.4 Å². The summed E-state index contributed by atoms with van der Waals surface area (Å²) in [5, 5.41) is 8.45. The largest absolute Gasteiger partial charge is 0.361 e. The van der Waals surface area contributed by atoms with Crippen LogP contribution in [0.15, 0.2) is 41.2 Å². The summed E-state index contributed by atoms with van der Waals surface area (Å²) in [4.78, 5) is 19.3. The number of aryl methyl sites for hydroxylation is 1. The Morgan fingerprint density at radius 2 is 2.20 bits per heavy atom. The lowest BCUT2D eigenvalue weighted by atomic mass is 10.1. The highest BCUT2D eigenvalue weighted by molar-refractivity contribution is 5.95. The Hall–Kier alpha value is -2.96. The predicted molar refractivity (Wildman–Crippen MR) is 90.3 cm³/mol. The van der Waals surface area contributed by atoms with Crippen LogP contribution in [0.4, 0.5) is 0 Å². The van der Waals surface area contributed by atoms with Gasteiger partial charge in [0.15, 0.2) is 5.82 Å². The number of aromatic nitrogens is 4. The standard InChI is InChI=1S/C18H19N5O2/c1-12-10-15(21-25-12)16-6-5-9-22(16)18(24)14-11-20-23(13(14)2)17-7-3-4-8-19-17/h3-4,7-8,10-11,16H,5-6,9H2,1-2H3. The molecule has 1 atom stereocenters. The van der Waals surface area contributed by atoms with E-state index in [0.717, 1.165) is 30.0 Å². The summed E-state index contributed by atoms with van der Waals surface area (Å²) < 4.78 is 6.88. The number of rotatable bonds is 3. The van der Waals surface area contributed by atoms with Crippen LogP contribution in [0.5, 0.6) is 0 Å². The molecule has 1 unspecified atom stereocenters. The summed E-state index contributed by atoms with van der Waals surface area (Å²) in [5.41, 5.74) is 2.20. The van der Waals surface area contributed by atoms with Gasteiger partial charge in [0.25, 0.3) is 5.91 Å². The zero-order chi connectivity index (χ0) is 17.4. The van der Waals surface area contributed by atoms with Crippen LogP contribution in [-0.4, -0.2) is 37.3 Å². The first kappa shape index (κ1) is 15.6. The molecule has 1 saturated heterocycles. The Kier molecular flexibility index (Phi) is 3.83. The number of nitrogens with zero attached hydrogens (tertiary/aromatic N) is 5. The Bertz CT molecular complexity index is 899. The number of likely N-dealkylation sites (tertiary alicyclic amines) is 1. The Labute approximate surface area is 145 Å². The molecule has 4 heterocycles. The molecule has 0 aromatic carbocycles. The van der Waals surface area contributed by atoms with Gasteiger partial charge in [-0.2, -0.15) is 5.10 Å². The summed E-state index contributed by atoms with van der Waals surface area (Å²) in [6.07, 6.45) is 5.18. The first-order valence-corrected chi connectivity index (χ1v) is 8.35. The van der Waals surface area contributed by atoms with Gasteiger partial charge < -0.3 is 9.42 Å². The van der Waals surface area contributed by atoms with E-state index in [1.807, 2.05) is 43.0 Å². The molecule has 4 rings (SSSR count). The fourth-order valence-electron chi connectivity index (χ4n) is 3.34. The molecular formula is C18H19N5O2. The van der Waals surface area contributed by atoms with Gasteiger partial charge in [-0.15, -0.1) is 0 Å². The summed E-state index contributed by atoms with van der Waals surface area (Å²) in [7, 11) is 0. The molecule has 3 aromatic rings. The first-order chi connectivity index (χ1) is 12.1. The summed E-state index contributed by atoms with van der Waals surface area (Å²) in [6.45, 7) is 4.46. The fraction of sp³-hybridized carbons (Fsp3) is 0.333. The van der Waals surface area contributed by atoms with Crippen molar-refractivity contribution in [1.29, 1.82) is 0 Å². The maximum atomic E-state index is 13.1. The van der Waals surface area contributed by atoms with Gasteiger partial charge in [0, 0.05) is 18.8 Å². The quantitative estimate of drug-likeness (QED) is 0.734. The molecule has 1 amide bonds. The van der Waals surface area contributed by atoms with Crippen molar-refractivity contribution in [2.75, 3.05) is 6.54 Å². The van der Waals surface area contributed by atoms with E-state index in [2.05, 4.69) is 15.2 Å². The van der Waals surface area contributed by atoms with Crippen LogP contribution in [0.25, 0.3) is 5.82 Å². The normalized spacial score (nSPS) is 17.2. The van der Waals surface area contributed by atoms with Crippen molar-refractivity contribution < 1.29 is 9.32 Å². The molecule has 0 radical (unpaired) electrons. The van der Waals surface area contributed by atoms with Crippen molar-refractivity contribution in [3.05, 3.63) is 59.4 Å². The zero-order valence-electron chi connectivity index (χ0n) is 14.2. The van der Waals surface area contributed by atoms with Crippen molar-refractivity contribution in [3.8, 4) is 5.82 Å². The average Bonchev–Trinajstić information content (AvgIpc) is 3.34. The lowest BCUT2D eigenvalue weighted by Gasteiger charge is -2.22. The first-order valence-electron chi connectivity index (χ1n) is 8.35. The minimum Gasteiger partial charge on any atom is -0.361 e. The molecule has 0 aliphatic carbocycles. The second kappa shape index (κ2) is 6.16. The maximum absolute atomic E-state index is 13.1. The van der Waals surface area contributed by atoms with Gasteiger partial charge in [0.2, 0.25) is 0 Å². The second-order valence-corrected chi connectivity index (χ2v) is 6.26. The van der Waals surface area contributed by atoms with Crippen molar-refractivity contribution in [1.82, 2.24) is 24.8 Å². The highest BCUT2D eigenvalue weighted by atomic mass is 16.5. The lowest BCUT2D eigenvalue weighted by Crippen LogP contribution is -2.31. The van der Waals surface area contributed by atoms with Crippen LogP contribution in [-0.2, 0) is 0 Å². The number of hydrogen-bond acceptors (Lipinski definition) is 5. The van der Waals surface area contributed by atoms with Crippen LogP contribution in [0.3, 0.4) is 0 Å². The van der Waals surface area contributed by atoms with Gasteiger partial charge in [-0.25, -0.2) is 9.67 Å². The molecule has 0 N–H and O–H groups in total. The van der Waals surface area contributed by atoms with Crippen LogP contribution in [0.2, 0.25) is 0 Å². The zero-order valence-corrected chi connectivity index (χ0v) is 14.2. The SMILES string of the molecule is Cc1cc(C2CCCN2C(=O)c2cnn(-c3ccccn3)c2C)no1. The molecule has 25 heavy (non-hydrogen) atoms. The second-order valence-electron chi connectivity index (χ2n) is 6.26. The fourth-order valence-corrected chi connectivity index (χ4v) is 3.34. The topological polar surface area (TPSA) is 77.1 Å². The molecule has 1 fully saturated rings. The van der Waals surface area contributed by atoms with Gasteiger partial charge in [0.05, 0.1) is 23.5 Å². The van der Waals surface area contributed by atoms with Gasteiger partial charge in [-0.3, -0.25) is 4.79 Å². The Balaban J connectivity index is 1.64. The minimum atomic E-state index is -0.0393. The van der Waals surface area contributed by atoms with Gasteiger partial charge in [-0.1, -0.05) is 11.2 Å². The maximum Gasteiger partial charge on any atom is 0.257 e. The number of carbonyl (C=O) groups excluding carboxylic acids is 1. The summed E-state index contributed by atoms with van der Waals surface area (Å²) in [5.74, 6) is 1.43. The molecule has 7 heteroatoms. The van der Waals surface area contributed by atoms with E-state index < -0.39 is 0 Å². The van der Waals surface area contributed by atoms with E-state index >= 15 is 0 Å². The highest BCUT2D eigenvalue weighted by Crippen LogP contribution is 2.33. The summed E-state index contributed by atoms with van der Waals surface area (Å²) in [6, 6.07) is 7.48. The number of hydrogen-bond donors (Lipinski definition) is 0. The minimum absolute atomic E-state index is 0.0252. The van der Waals surface area contributed by atoms with E-state index in [4.69, 9.17) is 4.52 Å². The summed E-state index contributed by atoms with van der Waals surface area (Å²) >= 11 is 0. The molecule has 1 aliphatic heterocycles. The molecule has 3 aromatic heterocycles. The van der Waals surface area contributed by atoms with Crippen LogP contribution < -0.4 is 0 Å². The third-order valence-corrected chi connectivity index (χ3v) is 4.61. The smallest absolute Gasteiger partial charge is 0.257 e. The van der Waals surface area contributed by atoms with Crippen LogP contribution in [0, 0.1) is 13.8 Å². The van der Waals surface area contributed by atoms with Gasteiger partial charge in [0.1, 0.15) is 11.5 Å². The van der Waals surface area contributed by atoms with E-state index in [1.165, 1.54) is 0 Å². The van der Waals surface area contributed by atoms with E-state index in [-0.39, 0.29) is 11.9 Å². The Morgan fingerprint density at radius 1 is 1.32 bits per heavy atom. The number of pyridine rings is 1. The third-order valence-electron chi connectivity index (χ3n) is 4.61. The molecule has 0 saturated carbocycles. The van der Waals surface area contributed by atoms with Crippen molar-refractivity contribution >= 4 is 5.91 Å². The monoisotopic (exact) mass is 337 g/mol. The van der Waals surface area contributed by atoms with Crippen molar-refractivity contribution in [2.24, 2.45) is 0 Å². The third kappa shape index (κ3) is 2.71. The van der Waals surface area contributed by atoms with E-state index in [1.54, 1.807) is 17.1 Å². The van der Waals surface area contributed by atoms with Gasteiger partial charge in [-0.05, 0) is 38.8 Å². The number of carbonyl (C=O) groups is 1. The van der Waals surface area contributed by atoms with E-state index in [9.17, 15) is 4.79 Å². The van der Waals surface area contributed by atoms with E-state index in [0.29, 0.717) is 17.9 Å². The molecule has 0 spiro atoms. The molecule has 7 nitrogen and oxygen atoms in total. The Morgan fingerprint density at radius 3 is 2.92 bits per heavy atom. The van der Waals surface area contributed by atoms with Crippen molar-refractivity contribution in [2.45, 2.75) is 32.7 Å². The van der Waals surface area contributed by atoms with Crippen molar-refractivity contribution in [3.63, 3.8) is 0 Å². The average molecular weight is 337 g/mol. The van der Waals surface area contributed by atoms with Gasteiger partial charge >= 0.3 is 0 Å². The molecule has 0 bridgehead atoms. The number of amides is 1.